The Labute approximate surface area is 133 Å². The van der Waals surface area contributed by atoms with Crippen molar-refractivity contribution >= 4 is 39.2 Å². The first-order chi connectivity index (χ1) is 9.79. The number of carboxylic acids is 1. The number of methoxy groups -OCH3 is 1. The highest BCUT2D eigenvalue weighted by atomic mass is 35.5. The second-order valence-electron chi connectivity index (χ2n) is 4.20. The van der Waals surface area contributed by atoms with Gasteiger partial charge in [-0.15, -0.1) is 0 Å². The molecule has 0 saturated heterocycles. The fraction of sp³-hybridized carbons (Fsp3) is 0.417. The van der Waals surface area contributed by atoms with Crippen LogP contribution in [-0.4, -0.2) is 39.3 Å². The van der Waals surface area contributed by atoms with Crippen molar-refractivity contribution in [2.75, 3.05) is 13.7 Å². The molecule has 0 heterocycles. The van der Waals surface area contributed by atoms with E-state index < -0.39 is 22.0 Å². The van der Waals surface area contributed by atoms with E-state index in [9.17, 15) is 13.2 Å². The SMILES string of the molecule is COCCCC(NS(=O)(=O)c1cccc(Cl)c1Cl)C(=O)O. The number of rotatable bonds is 8. The summed E-state index contributed by atoms with van der Waals surface area (Å²) in [7, 11) is -2.61. The molecule has 1 aromatic rings. The Morgan fingerprint density at radius 1 is 1.43 bits per heavy atom. The minimum Gasteiger partial charge on any atom is -0.480 e. The molecule has 9 heteroatoms. The van der Waals surface area contributed by atoms with Gasteiger partial charge in [-0.05, 0) is 25.0 Å². The number of carbonyl (C=O) groups is 1. The Balaban J connectivity index is 2.96. The third-order valence-electron chi connectivity index (χ3n) is 2.64. The summed E-state index contributed by atoms with van der Waals surface area (Å²) in [4.78, 5) is 10.9. The van der Waals surface area contributed by atoms with Gasteiger partial charge in [-0.3, -0.25) is 4.79 Å². The second kappa shape index (κ2) is 7.95. The highest BCUT2D eigenvalue weighted by Crippen LogP contribution is 2.29. The predicted octanol–water partition coefficient (Wildman–Crippen LogP) is 2.15. The van der Waals surface area contributed by atoms with Crippen LogP contribution < -0.4 is 4.72 Å². The molecule has 0 aliphatic carbocycles. The van der Waals surface area contributed by atoms with E-state index in [-0.39, 0.29) is 21.4 Å². The van der Waals surface area contributed by atoms with Crippen LogP contribution in [0.4, 0.5) is 0 Å². The Morgan fingerprint density at radius 3 is 2.67 bits per heavy atom. The molecule has 0 bridgehead atoms. The van der Waals surface area contributed by atoms with Crippen molar-refractivity contribution in [1.29, 1.82) is 0 Å². The summed E-state index contributed by atoms with van der Waals surface area (Å²) < 4.78 is 31.3. The molecule has 0 spiro atoms. The van der Waals surface area contributed by atoms with Crippen LogP contribution in [0.3, 0.4) is 0 Å². The van der Waals surface area contributed by atoms with Crippen LogP contribution in [0.15, 0.2) is 23.1 Å². The Morgan fingerprint density at radius 2 is 2.10 bits per heavy atom. The maximum Gasteiger partial charge on any atom is 0.321 e. The van der Waals surface area contributed by atoms with E-state index in [1.807, 2.05) is 0 Å². The molecule has 0 amide bonds. The number of carboxylic acid groups (broad SMARTS) is 1. The van der Waals surface area contributed by atoms with E-state index in [2.05, 4.69) is 4.72 Å². The lowest BCUT2D eigenvalue weighted by Gasteiger charge is -2.15. The summed E-state index contributed by atoms with van der Waals surface area (Å²) in [5.74, 6) is -1.27. The quantitative estimate of drug-likeness (QED) is 0.697. The van der Waals surface area contributed by atoms with Gasteiger partial charge in [0.1, 0.15) is 10.9 Å². The highest BCUT2D eigenvalue weighted by Gasteiger charge is 2.27. The molecule has 0 saturated carbocycles. The van der Waals surface area contributed by atoms with E-state index in [1.165, 1.54) is 25.3 Å². The molecule has 118 valence electrons. The fourth-order valence-electron chi connectivity index (χ4n) is 1.61. The molecule has 0 aliphatic rings. The van der Waals surface area contributed by atoms with Crippen molar-refractivity contribution < 1.29 is 23.1 Å². The average Bonchev–Trinajstić information content (AvgIpc) is 2.40. The lowest BCUT2D eigenvalue weighted by atomic mass is 10.2. The van der Waals surface area contributed by atoms with E-state index in [1.54, 1.807) is 0 Å². The van der Waals surface area contributed by atoms with Gasteiger partial charge in [-0.25, -0.2) is 8.42 Å². The van der Waals surface area contributed by atoms with Crippen LogP contribution in [0.2, 0.25) is 10.0 Å². The van der Waals surface area contributed by atoms with Gasteiger partial charge in [0.25, 0.3) is 0 Å². The molecule has 21 heavy (non-hydrogen) atoms. The predicted molar refractivity (Wildman–Crippen MR) is 79.3 cm³/mol. The number of hydrogen-bond acceptors (Lipinski definition) is 4. The Kier molecular flexibility index (Phi) is 6.89. The van der Waals surface area contributed by atoms with Crippen LogP contribution in [0.25, 0.3) is 0 Å². The first-order valence-electron chi connectivity index (χ1n) is 5.97. The number of aliphatic carboxylic acids is 1. The summed E-state index contributed by atoms with van der Waals surface area (Å²) in [6.45, 7) is 0.337. The average molecular weight is 356 g/mol. The van der Waals surface area contributed by atoms with E-state index >= 15 is 0 Å². The summed E-state index contributed by atoms with van der Waals surface area (Å²) in [5.41, 5.74) is 0. The Bertz CT molecular complexity index is 606. The number of nitrogens with one attached hydrogen (secondary N) is 1. The summed E-state index contributed by atoms with van der Waals surface area (Å²) in [6, 6.07) is 2.85. The van der Waals surface area contributed by atoms with Gasteiger partial charge < -0.3 is 9.84 Å². The fourth-order valence-corrected chi connectivity index (χ4v) is 3.59. The maximum atomic E-state index is 12.2. The van der Waals surface area contributed by atoms with Gasteiger partial charge in [-0.1, -0.05) is 29.3 Å². The molecule has 1 atom stereocenters. The summed E-state index contributed by atoms with van der Waals surface area (Å²) >= 11 is 11.6. The summed E-state index contributed by atoms with van der Waals surface area (Å²) in [5, 5.41) is 9.01. The largest absolute Gasteiger partial charge is 0.480 e. The molecule has 0 radical (unpaired) electrons. The number of sulfonamides is 1. The molecule has 6 nitrogen and oxygen atoms in total. The van der Waals surface area contributed by atoms with Crippen molar-refractivity contribution in [1.82, 2.24) is 4.72 Å². The number of ether oxygens (including phenoxy) is 1. The minimum absolute atomic E-state index is 0.0748. The Hall–Kier alpha value is -0.860. The van der Waals surface area contributed by atoms with Crippen molar-refractivity contribution in [2.24, 2.45) is 0 Å². The van der Waals surface area contributed by atoms with Crippen molar-refractivity contribution in [2.45, 2.75) is 23.8 Å². The lowest BCUT2D eigenvalue weighted by Crippen LogP contribution is -2.40. The monoisotopic (exact) mass is 355 g/mol. The highest BCUT2D eigenvalue weighted by molar-refractivity contribution is 7.89. The minimum atomic E-state index is -4.08. The molecule has 0 fully saturated rings. The van der Waals surface area contributed by atoms with Crippen LogP contribution >= 0.6 is 23.2 Å². The maximum absolute atomic E-state index is 12.2. The molecule has 2 N–H and O–H groups in total. The topological polar surface area (TPSA) is 92.7 Å². The number of hydrogen-bond donors (Lipinski definition) is 2. The van der Waals surface area contributed by atoms with Gasteiger partial charge >= 0.3 is 5.97 Å². The molecular formula is C12H15Cl2NO5S. The normalized spacial score (nSPS) is 13.1. The summed E-state index contributed by atoms with van der Waals surface area (Å²) in [6.07, 6.45) is 0.500. The molecular weight excluding hydrogens is 341 g/mol. The standard InChI is InChI=1S/C12H15Cl2NO5S/c1-20-7-3-5-9(12(16)17)15-21(18,19)10-6-2-4-8(13)11(10)14/h2,4,6,9,15H,3,5,7H2,1H3,(H,16,17). The van der Waals surface area contributed by atoms with Crippen LogP contribution in [0.1, 0.15) is 12.8 Å². The molecule has 1 aromatic carbocycles. The number of halogens is 2. The zero-order valence-corrected chi connectivity index (χ0v) is 13.5. The molecule has 0 aromatic heterocycles. The van der Waals surface area contributed by atoms with Crippen molar-refractivity contribution in [3.8, 4) is 0 Å². The van der Waals surface area contributed by atoms with Gasteiger partial charge in [0.2, 0.25) is 10.0 Å². The second-order valence-corrected chi connectivity index (χ2v) is 6.67. The zero-order valence-electron chi connectivity index (χ0n) is 11.2. The van der Waals surface area contributed by atoms with Crippen LogP contribution in [-0.2, 0) is 19.6 Å². The molecule has 1 rings (SSSR count). The van der Waals surface area contributed by atoms with E-state index in [0.717, 1.165) is 0 Å². The van der Waals surface area contributed by atoms with Gasteiger partial charge in [0.15, 0.2) is 0 Å². The van der Waals surface area contributed by atoms with Gasteiger partial charge in [0, 0.05) is 13.7 Å². The van der Waals surface area contributed by atoms with Crippen molar-refractivity contribution in [3.63, 3.8) is 0 Å². The first-order valence-corrected chi connectivity index (χ1v) is 8.21. The van der Waals surface area contributed by atoms with Crippen LogP contribution in [0, 0.1) is 0 Å². The van der Waals surface area contributed by atoms with Gasteiger partial charge in [-0.2, -0.15) is 4.72 Å². The smallest absolute Gasteiger partial charge is 0.321 e. The first kappa shape index (κ1) is 18.2. The lowest BCUT2D eigenvalue weighted by molar-refractivity contribution is -0.139. The van der Waals surface area contributed by atoms with Gasteiger partial charge in [0.05, 0.1) is 10.0 Å². The van der Waals surface area contributed by atoms with Crippen LogP contribution in [0.5, 0.6) is 0 Å². The van der Waals surface area contributed by atoms with E-state index in [0.29, 0.717) is 13.0 Å². The molecule has 1 unspecified atom stereocenters. The molecule has 0 aliphatic heterocycles. The third-order valence-corrected chi connectivity index (χ3v) is 5.09. The van der Waals surface area contributed by atoms with E-state index in [4.69, 9.17) is 33.0 Å². The van der Waals surface area contributed by atoms with Crippen molar-refractivity contribution in [3.05, 3.63) is 28.2 Å². The zero-order chi connectivity index (χ0) is 16.0. The number of benzene rings is 1. The third kappa shape index (κ3) is 5.12.